The zero-order valence-electron chi connectivity index (χ0n) is 10.5. The van der Waals surface area contributed by atoms with E-state index in [9.17, 15) is 0 Å². The minimum atomic E-state index is 0.191. The first-order chi connectivity index (χ1) is 7.00. The predicted molar refractivity (Wildman–Crippen MR) is 61.8 cm³/mol. The van der Waals surface area contributed by atoms with Crippen molar-refractivity contribution in [3.63, 3.8) is 0 Å². The van der Waals surface area contributed by atoms with Crippen LogP contribution in [0.5, 0.6) is 0 Å². The van der Waals surface area contributed by atoms with Crippen molar-refractivity contribution in [2.45, 2.75) is 59.5 Å². The number of aromatic nitrogens is 1. The first kappa shape index (κ1) is 12.2. The second-order valence-electron chi connectivity index (χ2n) is 4.37. The third-order valence-electron chi connectivity index (χ3n) is 3.30. The van der Waals surface area contributed by atoms with Crippen molar-refractivity contribution in [2.24, 2.45) is 0 Å². The van der Waals surface area contributed by atoms with Crippen LogP contribution in [-0.4, -0.2) is 10.5 Å². The fourth-order valence-corrected chi connectivity index (χ4v) is 1.40. The van der Waals surface area contributed by atoms with Gasteiger partial charge in [0.05, 0.1) is 12.2 Å². The molecule has 0 atom stereocenters. The van der Waals surface area contributed by atoms with Crippen LogP contribution in [0, 0.1) is 13.8 Å². The first-order valence-electron chi connectivity index (χ1n) is 5.68. The third-order valence-corrected chi connectivity index (χ3v) is 3.30. The molecule has 1 heterocycles. The molecule has 1 N–H and O–H groups in total. The second kappa shape index (κ2) is 4.79. The highest BCUT2D eigenvalue weighted by atomic mass is 16.4. The zero-order valence-corrected chi connectivity index (χ0v) is 10.5. The average molecular weight is 210 g/mol. The summed E-state index contributed by atoms with van der Waals surface area (Å²) >= 11 is 0. The van der Waals surface area contributed by atoms with Gasteiger partial charge in [-0.2, -0.15) is 0 Å². The van der Waals surface area contributed by atoms with E-state index in [1.165, 1.54) is 0 Å². The maximum atomic E-state index is 5.53. The number of hydrogen-bond acceptors (Lipinski definition) is 3. The van der Waals surface area contributed by atoms with Crippen LogP contribution in [0.25, 0.3) is 0 Å². The van der Waals surface area contributed by atoms with Gasteiger partial charge in [-0.25, -0.2) is 4.98 Å². The van der Waals surface area contributed by atoms with Gasteiger partial charge in [-0.1, -0.05) is 13.8 Å². The third kappa shape index (κ3) is 3.06. The second-order valence-corrected chi connectivity index (χ2v) is 4.37. The number of rotatable bonds is 5. The minimum Gasteiger partial charge on any atom is -0.444 e. The lowest BCUT2D eigenvalue weighted by Crippen LogP contribution is -2.40. The largest absolute Gasteiger partial charge is 0.444 e. The number of hydrogen-bond donors (Lipinski definition) is 1. The molecule has 3 nitrogen and oxygen atoms in total. The molecule has 0 fully saturated rings. The molecule has 0 aliphatic carbocycles. The summed E-state index contributed by atoms with van der Waals surface area (Å²) in [4.78, 5) is 4.35. The maximum absolute atomic E-state index is 5.53. The quantitative estimate of drug-likeness (QED) is 0.812. The van der Waals surface area contributed by atoms with E-state index in [0.717, 1.165) is 30.2 Å². The highest BCUT2D eigenvalue weighted by Crippen LogP contribution is 2.15. The Morgan fingerprint density at radius 3 is 2.27 bits per heavy atom. The smallest absolute Gasteiger partial charge is 0.208 e. The normalized spacial score (nSPS) is 12.1. The van der Waals surface area contributed by atoms with Crippen LogP contribution in [0.1, 0.15) is 51.0 Å². The Morgan fingerprint density at radius 1 is 1.27 bits per heavy atom. The number of aryl methyl sites for hydroxylation is 2. The summed E-state index contributed by atoms with van der Waals surface area (Å²) in [5, 5.41) is 3.50. The maximum Gasteiger partial charge on any atom is 0.208 e. The number of oxazole rings is 1. The standard InChI is InChI=1S/C12H22N2O/c1-6-12(5,7-2)13-8-11-14-9(3)10(4)15-11/h13H,6-8H2,1-5H3. The van der Waals surface area contributed by atoms with Crippen molar-refractivity contribution in [3.05, 3.63) is 17.3 Å². The summed E-state index contributed by atoms with van der Waals surface area (Å²) in [6.07, 6.45) is 2.23. The van der Waals surface area contributed by atoms with E-state index >= 15 is 0 Å². The number of nitrogens with zero attached hydrogens (tertiary/aromatic N) is 1. The Labute approximate surface area is 92.3 Å². The van der Waals surface area contributed by atoms with Crippen molar-refractivity contribution in [2.75, 3.05) is 0 Å². The summed E-state index contributed by atoms with van der Waals surface area (Å²) in [6, 6.07) is 0. The molecule has 0 saturated carbocycles. The summed E-state index contributed by atoms with van der Waals surface area (Å²) in [5.74, 6) is 1.71. The molecule has 0 aliphatic heterocycles. The SMILES string of the molecule is CCC(C)(CC)NCc1nc(C)c(C)o1. The fraction of sp³-hybridized carbons (Fsp3) is 0.750. The average Bonchev–Trinajstić information content (AvgIpc) is 2.55. The van der Waals surface area contributed by atoms with Crippen LogP contribution in [0.4, 0.5) is 0 Å². The Hall–Kier alpha value is -0.830. The molecule has 3 heteroatoms. The molecule has 1 aromatic heterocycles. The van der Waals surface area contributed by atoms with E-state index < -0.39 is 0 Å². The minimum absolute atomic E-state index is 0.191. The molecule has 0 radical (unpaired) electrons. The van der Waals surface area contributed by atoms with E-state index in [-0.39, 0.29) is 5.54 Å². The highest BCUT2D eigenvalue weighted by Gasteiger charge is 2.19. The van der Waals surface area contributed by atoms with E-state index in [2.05, 4.69) is 31.1 Å². The molecule has 1 rings (SSSR count). The summed E-state index contributed by atoms with van der Waals surface area (Å²) < 4.78 is 5.53. The van der Waals surface area contributed by atoms with Gasteiger partial charge in [-0.3, -0.25) is 0 Å². The van der Waals surface area contributed by atoms with Crippen LogP contribution < -0.4 is 5.32 Å². The molecule has 0 aliphatic rings. The van der Waals surface area contributed by atoms with Crippen molar-refractivity contribution < 1.29 is 4.42 Å². The summed E-state index contributed by atoms with van der Waals surface area (Å²) in [6.45, 7) is 11.3. The Bertz CT molecular complexity index is 294. The summed E-state index contributed by atoms with van der Waals surface area (Å²) in [7, 11) is 0. The zero-order chi connectivity index (χ0) is 11.5. The van der Waals surface area contributed by atoms with E-state index in [4.69, 9.17) is 4.42 Å². The lowest BCUT2D eigenvalue weighted by atomic mass is 9.96. The molecule has 0 aromatic carbocycles. The van der Waals surface area contributed by atoms with Gasteiger partial charge in [0.15, 0.2) is 0 Å². The van der Waals surface area contributed by atoms with Crippen molar-refractivity contribution >= 4 is 0 Å². The van der Waals surface area contributed by atoms with Gasteiger partial charge >= 0.3 is 0 Å². The van der Waals surface area contributed by atoms with Crippen molar-refractivity contribution in [1.82, 2.24) is 10.3 Å². The van der Waals surface area contributed by atoms with E-state index in [1.807, 2.05) is 13.8 Å². The molecular formula is C12H22N2O. The van der Waals surface area contributed by atoms with Gasteiger partial charge in [-0.05, 0) is 33.6 Å². The summed E-state index contributed by atoms with van der Waals surface area (Å²) in [5.41, 5.74) is 1.18. The van der Waals surface area contributed by atoms with E-state index in [0.29, 0.717) is 6.54 Å². The number of nitrogens with one attached hydrogen (secondary N) is 1. The van der Waals surface area contributed by atoms with Crippen LogP contribution >= 0.6 is 0 Å². The molecule has 0 spiro atoms. The Morgan fingerprint density at radius 2 is 1.87 bits per heavy atom. The molecule has 0 amide bonds. The van der Waals surface area contributed by atoms with Crippen LogP contribution in [-0.2, 0) is 6.54 Å². The predicted octanol–water partition coefficient (Wildman–Crippen LogP) is 2.96. The molecule has 0 unspecified atom stereocenters. The van der Waals surface area contributed by atoms with Gasteiger partial charge in [0.1, 0.15) is 5.76 Å². The van der Waals surface area contributed by atoms with Gasteiger partial charge in [0.25, 0.3) is 0 Å². The van der Waals surface area contributed by atoms with Crippen molar-refractivity contribution in [3.8, 4) is 0 Å². The fourth-order valence-electron chi connectivity index (χ4n) is 1.40. The molecule has 0 saturated heterocycles. The van der Waals surface area contributed by atoms with Gasteiger partial charge in [0, 0.05) is 5.54 Å². The molecule has 1 aromatic rings. The molecular weight excluding hydrogens is 188 g/mol. The van der Waals surface area contributed by atoms with Crippen LogP contribution in [0.15, 0.2) is 4.42 Å². The lowest BCUT2D eigenvalue weighted by Gasteiger charge is -2.27. The van der Waals surface area contributed by atoms with E-state index in [1.54, 1.807) is 0 Å². The topological polar surface area (TPSA) is 38.1 Å². The Balaban J connectivity index is 2.56. The molecule has 86 valence electrons. The molecule has 15 heavy (non-hydrogen) atoms. The molecule has 0 bridgehead atoms. The lowest BCUT2D eigenvalue weighted by molar-refractivity contribution is 0.309. The van der Waals surface area contributed by atoms with Gasteiger partial charge in [0.2, 0.25) is 5.89 Å². The first-order valence-corrected chi connectivity index (χ1v) is 5.68. The monoisotopic (exact) mass is 210 g/mol. The Kier molecular flexibility index (Phi) is 3.91. The van der Waals surface area contributed by atoms with Gasteiger partial charge < -0.3 is 9.73 Å². The highest BCUT2D eigenvalue weighted by molar-refractivity contribution is 5.05. The van der Waals surface area contributed by atoms with Crippen molar-refractivity contribution in [1.29, 1.82) is 0 Å². The van der Waals surface area contributed by atoms with Crippen LogP contribution in [0.3, 0.4) is 0 Å². The van der Waals surface area contributed by atoms with Crippen LogP contribution in [0.2, 0.25) is 0 Å². The van der Waals surface area contributed by atoms with Gasteiger partial charge in [-0.15, -0.1) is 0 Å².